The Bertz CT molecular complexity index is 322. The highest BCUT2D eigenvalue weighted by molar-refractivity contribution is 5.28. The molecule has 1 aromatic carbocycles. The summed E-state index contributed by atoms with van der Waals surface area (Å²) in [5, 5.41) is 3.26. The van der Waals surface area contributed by atoms with Crippen LogP contribution in [0.15, 0.2) is 24.3 Å². The van der Waals surface area contributed by atoms with Crippen molar-refractivity contribution in [3.05, 3.63) is 29.8 Å². The summed E-state index contributed by atoms with van der Waals surface area (Å²) in [5.41, 5.74) is 1.35. The van der Waals surface area contributed by atoms with Crippen LogP contribution in [0, 0.1) is 5.92 Å². The quantitative estimate of drug-likeness (QED) is 0.783. The molecule has 2 nitrogen and oxygen atoms in total. The summed E-state index contributed by atoms with van der Waals surface area (Å²) in [6.45, 7) is 7.33. The van der Waals surface area contributed by atoms with Crippen LogP contribution in [0.5, 0.6) is 5.75 Å². The average Bonchev–Trinajstić information content (AvgIpc) is 2.34. The Morgan fingerprint density at radius 2 is 2.00 bits per heavy atom. The zero-order valence-electron chi connectivity index (χ0n) is 11.5. The second-order valence-corrected chi connectivity index (χ2v) is 5.08. The van der Waals surface area contributed by atoms with Crippen molar-refractivity contribution in [3.63, 3.8) is 0 Å². The number of hydrogen-bond acceptors (Lipinski definition) is 2. The fourth-order valence-corrected chi connectivity index (χ4v) is 1.58. The smallest absolute Gasteiger partial charge is 0.119 e. The van der Waals surface area contributed by atoms with Crippen molar-refractivity contribution >= 4 is 0 Å². The fourth-order valence-electron chi connectivity index (χ4n) is 1.58. The minimum atomic E-state index is 0.565. The van der Waals surface area contributed by atoms with Crippen LogP contribution in [-0.4, -0.2) is 19.7 Å². The van der Waals surface area contributed by atoms with Gasteiger partial charge in [-0.1, -0.05) is 26.0 Å². The molecule has 0 spiro atoms. The Kier molecular flexibility index (Phi) is 6.06. The molecule has 1 atom stereocenters. The average molecular weight is 235 g/mol. The van der Waals surface area contributed by atoms with E-state index in [0.29, 0.717) is 12.0 Å². The van der Waals surface area contributed by atoms with Crippen molar-refractivity contribution in [1.82, 2.24) is 5.32 Å². The van der Waals surface area contributed by atoms with Gasteiger partial charge in [-0.05, 0) is 50.4 Å². The third-order valence-electron chi connectivity index (χ3n) is 2.84. The number of hydrogen-bond donors (Lipinski definition) is 1. The second-order valence-electron chi connectivity index (χ2n) is 5.08. The van der Waals surface area contributed by atoms with Gasteiger partial charge in [0.15, 0.2) is 0 Å². The first kappa shape index (κ1) is 14.0. The van der Waals surface area contributed by atoms with Gasteiger partial charge in [0.1, 0.15) is 5.75 Å². The predicted octanol–water partition coefficient (Wildman–Crippen LogP) is 3.26. The van der Waals surface area contributed by atoms with Crippen molar-refractivity contribution in [3.8, 4) is 5.75 Å². The van der Waals surface area contributed by atoms with Crippen LogP contribution in [-0.2, 0) is 6.42 Å². The second kappa shape index (κ2) is 7.33. The van der Waals surface area contributed by atoms with Crippen LogP contribution in [0.4, 0.5) is 0 Å². The van der Waals surface area contributed by atoms with Crippen LogP contribution in [0.25, 0.3) is 0 Å². The Morgan fingerprint density at radius 3 is 2.65 bits per heavy atom. The Labute approximate surface area is 105 Å². The normalized spacial score (nSPS) is 12.8. The lowest BCUT2D eigenvalue weighted by Gasteiger charge is -2.12. The minimum absolute atomic E-state index is 0.565. The first-order chi connectivity index (χ1) is 8.11. The van der Waals surface area contributed by atoms with Crippen LogP contribution in [0.2, 0.25) is 0 Å². The van der Waals surface area contributed by atoms with Crippen molar-refractivity contribution in [2.45, 2.75) is 39.7 Å². The van der Waals surface area contributed by atoms with Crippen LogP contribution in [0.1, 0.15) is 32.8 Å². The molecule has 1 aromatic rings. The predicted molar refractivity (Wildman–Crippen MR) is 73.6 cm³/mol. The molecule has 0 heterocycles. The molecule has 0 aliphatic rings. The number of benzene rings is 1. The number of nitrogens with one attached hydrogen (secondary N) is 1. The summed E-state index contributed by atoms with van der Waals surface area (Å²) in [6, 6.07) is 9.01. The standard InChI is InChI=1S/C15H25NO/c1-12(2)11-17-15-7-5-6-14(10-15)9-8-13(3)16-4/h5-7,10,12-13,16H,8-9,11H2,1-4H3. The van der Waals surface area contributed by atoms with Gasteiger partial charge in [0.2, 0.25) is 0 Å². The molecule has 0 aliphatic carbocycles. The van der Waals surface area contributed by atoms with E-state index < -0.39 is 0 Å². The maximum Gasteiger partial charge on any atom is 0.119 e. The van der Waals surface area contributed by atoms with Crippen molar-refractivity contribution < 1.29 is 4.74 Å². The first-order valence-corrected chi connectivity index (χ1v) is 6.50. The van der Waals surface area contributed by atoms with Gasteiger partial charge in [-0.3, -0.25) is 0 Å². The van der Waals surface area contributed by atoms with Gasteiger partial charge in [-0.15, -0.1) is 0 Å². The highest BCUT2D eigenvalue weighted by Gasteiger charge is 2.02. The fraction of sp³-hybridized carbons (Fsp3) is 0.600. The van der Waals surface area contributed by atoms with Crippen molar-refractivity contribution in [1.29, 1.82) is 0 Å². The summed E-state index contributed by atoms with van der Waals surface area (Å²) in [7, 11) is 2.01. The molecule has 0 aromatic heterocycles. The van der Waals surface area contributed by atoms with Crippen LogP contribution >= 0.6 is 0 Å². The lowest BCUT2D eigenvalue weighted by atomic mass is 10.1. The molecule has 0 saturated carbocycles. The van der Waals surface area contributed by atoms with Crippen LogP contribution < -0.4 is 10.1 Å². The number of ether oxygens (including phenoxy) is 1. The van der Waals surface area contributed by atoms with E-state index in [4.69, 9.17) is 4.74 Å². The molecule has 0 radical (unpaired) electrons. The van der Waals surface area contributed by atoms with Gasteiger partial charge in [0.25, 0.3) is 0 Å². The SMILES string of the molecule is CNC(C)CCc1cccc(OCC(C)C)c1. The molecule has 0 fully saturated rings. The van der Waals surface area contributed by atoms with E-state index in [1.807, 2.05) is 13.1 Å². The Morgan fingerprint density at radius 1 is 1.24 bits per heavy atom. The summed E-state index contributed by atoms with van der Waals surface area (Å²) in [4.78, 5) is 0. The minimum Gasteiger partial charge on any atom is -0.493 e. The van der Waals surface area contributed by atoms with E-state index in [-0.39, 0.29) is 0 Å². The molecule has 0 bridgehead atoms. The number of aryl methyl sites for hydroxylation is 1. The van der Waals surface area contributed by atoms with E-state index in [9.17, 15) is 0 Å². The molecule has 1 unspecified atom stereocenters. The highest BCUT2D eigenvalue weighted by Crippen LogP contribution is 2.16. The molecular weight excluding hydrogens is 210 g/mol. The summed E-state index contributed by atoms with van der Waals surface area (Å²) in [6.07, 6.45) is 2.25. The first-order valence-electron chi connectivity index (χ1n) is 6.50. The lowest BCUT2D eigenvalue weighted by Crippen LogP contribution is -2.21. The maximum absolute atomic E-state index is 5.73. The maximum atomic E-state index is 5.73. The molecule has 2 heteroatoms. The Hall–Kier alpha value is -1.02. The molecule has 0 amide bonds. The molecule has 1 N–H and O–H groups in total. The molecule has 0 saturated heterocycles. The van der Waals surface area contributed by atoms with Crippen molar-refractivity contribution in [2.24, 2.45) is 5.92 Å². The number of rotatable bonds is 7. The molecule has 96 valence electrons. The monoisotopic (exact) mass is 235 g/mol. The lowest BCUT2D eigenvalue weighted by molar-refractivity contribution is 0.271. The third kappa shape index (κ3) is 5.73. The largest absolute Gasteiger partial charge is 0.493 e. The van der Waals surface area contributed by atoms with Gasteiger partial charge in [-0.25, -0.2) is 0 Å². The molecule has 1 rings (SSSR count). The van der Waals surface area contributed by atoms with Gasteiger partial charge >= 0.3 is 0 Å². The topological polar surface area (TPSA) is 21.3 Å². The molecule has 17 heavy (non-hydrogen) atoms. The van der Waals surface area contributed by atoms with Gasteiger partial charge in [-0.2, -0.15) is 0 Å². The zero-order chi connectivity index (χ0) is 12.7. The summed E-state index contributed by atoms with van der Waals surface area (Å²) in [5.74, 6) is 1.57. The van der Waals surface area contributed by atoms with Gasteiger partial charge in [0, 0.05) is 6.04 Å². The van der Waals surface area contributed by atoms with E-state index in [0.717, 1.165) is 25.2 Å². The van der Waals surface area contributed by atoms with E-state index in [2.05, 4.69) is 44.3 Å². The van der Waals surface area contributed by atoms with E-state index in [1.165, 1.54) is 5.56 Å². The van der Waals surface area contributed by atoms with E-state index >= 15 is 0 Å². The third-order valence-corrected chi connectivity index (χ3v) is 2.84. The van der Waals surface area contributed by atoms with Gasteiger partial charge < -0.3 is 10.1 Å². The highest BCUT2D eigenvalue weighted by atomic mass is 16.5. The molecule has 0 aliphatic heterocycles. The zero-order valence-corrected chi connectivity index (χ0v) is 11.5. The summed E-state index contributed by atoms with van der Waals surface area (Å²) >= 11 is 0. The summed E-state index contributed by atoms with van der Waals surface area (Å²) < 4.78 is 5.73. The van der Waals surface area contributed by atoms with Crippen molar-refractivity contribution in [2.75, 3.05) is 13.7 Å². The van der Waals surface area contributed by atoms with E-state index in [1.54, 1.807) is 0 Å². The van der Waals surface area contributed by atoms with Crippen LogP contribution in [0.3, 0.4) is 0 Å². The van der Waals surface area contributed by atoms with Gasteiger partial charge in [0.05, 0.1) is 6.61 Å². The molecular formula is C15H25NO. The Balaban J connectivity index is 2.47.